The zero-order valence-corrected chi connectivity index (χ0v) is 12.3. The second-order valence-electron chi connectivity index (χ2n) is 5.04. The lowest BCUT2D eigenvalue weighted by Crippen LogP contribution is -2.27. The number of amides is 1. The number of nitrogens with zero attached hydrogens (tertiary/aromatic N) is 1. The fourth-order valence-electron chi connectivity index (χ4n) is 1.93. The molecular weight excluding hydrogens is 262 g/mol. The lowest BCUT2D eigenvalue weighted by atomic mass is 10.1. The summed E-state index contributed by atoms with van der Waals surface area (Å²) in [6, 6.07) is 12.2. The van der Waals surface area contributed by atoms with E-state index in [9.17, 15) is 4.79 Å². The molecule has 0 aliphatic carbocycles. The third kappa shape index (κ3) is 5.75. The lowest BCUT2D eigenvalue weighted by molar-refractivity contribution is -0.121. The minimum absolute atomic E-state index is 0.0585. The van der Waals surface area contributed by atoms with Gasteiger partial charge in [-0.15, -0.1) is 0 Å². The minimum atomic E-state index is 0.0585. The van der Waals surface area contributed by atoms with Gasteiger partial charge < -0.3 is 10.6 Å². The first-order valence-corrected chi connectivity index (χ1v) is 7.16. The van der Waals surface area contributed by atoms with Gasteiger partial charge in [-0.1, -0.05) is 29.8 Å². The quantitative estimate of drug-likeness (QED) is 0.766. The van der Waals surface area contributed by atoms with Gasteiger partial charge in [-0.3, -0.25) is 9.78 Å². The first-order chi connectivity index (χ1) is 10.2. The molecule has 0 radical (unpaired) electrons. The number of rotatable bonds is 7. The molecule has 110 valence electrons. The Morgan fingerprint density at radius 2 is 1.67 bits per heavy atom. The molecular formula is C17H21N3O. The van der Waals surface area contributed by atoms with E-state index in [4.69, 9.17) is 0 Å². The van der Waals surface area contributed by atoms with E-state index in [1.165, 1.54) is 11.1 Å². The number of aryl methyl sites for hydroxylation is 1. The molecule has 0 unspecified atom stereocenters. The Labute approximate surface area is 125 Å². The van der Waals surface area contributed by atoms with Crippen LogP contribution in [0.2, 0.25) is 0 Å². The van der Waals surface area contributed by atoms with Gasteiger partial charge in [0.05, 0.1) is 0 Å². The molecule has 4 nitrogen and oxygen atoms in total. The molecule has 0 aliphatic rings. The zero-order valence-electron chi connectivity index (χ0n) is 12.3. The van der Waals surface area contributed by atoms with Crippen molar-refractivity contribution < 1.29 is 4.79 Å². The summed E-state index contributed by atoms with van der Waals surface area (Å²) in [5.74, 6) is 0.0585. The first-order valence-electron chi connectivity index (χ1n) is 7.16. The van der Waals surface area contributed by atoms with Gasteiger partial charge in [-0.25, -0.2) is 0 Å². The molecule has 0 spiro atoms. The molecule has 0 saturated heterocycles. The summed E-state index contributed by atoms with van der Waals surface area (Å²) >= 11 is 0. The molecule has 0 atom stereocenters. The number of hydrogen-bond donors (Lipinski definition) is 2. The predicted octanol–water partition coefficient (Wildman–Crippen LogP) is 2.19. The summed E-state index contributed by atoms with van der Waals surface area (Å²) < 4.78 is 0. The van der Waals surface area contributed by atoms with Crippen molar-refractivity contribution in [2.75, 3.05) is 6.54 Å². The molecule has 0 saturated carbocycles. The molecule has 1 amide bonds. The molecule has 21 heavy (non-hydrogen) atoms. The SMILES string of the molecule is Cc1ccc(CNCCC(=O)NCc2ccncc2)cc1. The van der Waals surface area contributed by atoms with Gasteiger partial charge in [-0.2, -0.15) is 0 Å². The zero-order chi connectivity index (χ0) is 14.9. The highest BCUT2D eigenvalue weighted by Crippen LogP contribution is 2.02. The Bertz CT molecular complexity index is 552. The predicted molar refractivity (Wildman–Crippen MR) is 83.6 cm³/mol. The van der Waals surface area contributed by atoms with Gasteiger partial charge in [-0.05, 0) is 30.2 Å². The van der Waals surface area contributed by atoms with E-state index < -0.39 is 0 Å². The van der Waals surface area contributed by atoms with E-state index in [-0.39, 0.29) is 5.91 Å². The fourth-order valence-corrected chi connectivity index (χ4v) is 1.93. The van der Waals surface area contributed by atoms with E-state index >= 15 is 0 Å². The molecule has 1 heterocycles. The summed E-state index contributed by atoms with van der Waals surface area (Å²) in [5, 5.41) is 6.18. The van der Waals surface area contributed by atoms with Crippen LogP contribution in [0.25, 0.3) is 0 Å². The lowest BCUT2D eigenvalue weighted by Gasteiger charge is -2.07. The molecule has 2 rings (SSSR count). The number of benzene rings is 1. The Kier molecular flexibility index (Phi) is 5.91. The topological polar surface area (TPSA) is 54.0 Å². The van der Waals surface area contributed by atoms with Gasteiger partial charge in [0, 0.05) is 38.4 Å². The van der Waals surface area contributed by atoms with Crippen LogP contribution in [-0.2, 0) is 17.9 Å². The molecule has 1 aromatic carbocycles. The van der Waals surface area contributed by atoms with E-state index in [0.717, 1.165) is 12.1 Å². The largest absolute Gasteiger partial charge is 0.352 e. The second-order valence-corrected chi connectivity index (χ2v) is 5.04. The average Bonchev–Trinajstić information content (AvgIpc) is 2.52. The van der Waals surface area contributed by atoms with Gasteiger partial charge in [0.2, 0.25) is 5.91 Å². The van der Waals surface area contributed by atoms with Crippen LogP contribution in [0.15, 0.2) is 48.8 Å². The van der Waals surface area contributed by atoms with Crippen molar-refractivity contribution in [3.8, 4) is 0 Å². The number of pyridine rings is 1. The number of hydrogen-bond acceptors (Lipinski definition) is 3. The summed E-state index contributed by atoms with van der Waals surface area (Å²) in [6.07, 6.45) is 3.94. The van der Waals surface area contributed by atoms with E-state index in [1.54, 1.807) is 12.4 Å². The molecule has 2 N–H and O–H groups in total. The Morgan fingerprint density at radius 3 is 2.38 bits per heavy atom. The monoisotopic (exact) mass is 283 g/mol. The van der Waals surface area contributed by atoms with Crippen LogP contribution in [0, 0.1) is 6.92 Å². The van der Waals surface area contributed by atoms with Crippen molar-refractivity contribution in [1.29, 1.82) is 0 Å². The van der Waals surface area contributed by atoms with Crippen LogP contribution in [0.3, 0.4) is 0 Å². The maximum Gasteiger partial charge on any atom is 0.221 e. The number of carbonyl (C=O) groups excluding carboxylic acids is 1. The smallest absolute Gasteiger partial charge is 0.221 e. The van der Waals surface area contributed by atoms with E-state index in [0.29, 0.717) is 19.5 Å². The van der Waals surface area contributed by atoms with Crippen LogP contribution in [0.1, 0.15) is 23.1 Å². The van der Waals surface area contributed by atoms with Crippen molar-refractivity contribution in [3.63, 3.8) is 0 Å². The third-order valence-corrected chi connectivity index (χ3v) is 3.22. The van der Waals surface area contributed by atoms with Gasteiger partial charge in [0.1, 0.15) is 0 Å². The van der Waals surface area contributed by atoms with Crippen LogP contribution in [0.5, 0.6) is 0 Å². The van der Waals surface area contributed by atoms with E-state index in [1.807, 2.05) is 12.1 Å². The normalized spacial score (nSPS) is 10.3. The fraction of sp³-hybridized carbons (Fsp3) is 0.294. The van der Waals surface area contributed by atoms with Crippen LogP contribution in [0.4, 0.5) is 0 Å². The van der Waals surface area contributed by atoms with Crippen molar-refractivity contribution in [1.82, 2.24) is 15.6 Å². The van der Waals surface area contributed by atoms with Gasteiger partial charge >= 0.3 is 0 Å². The standard InChI is InChI=1S/C17H21N3O/c1-14-2-4-15(5-3-14)12-19-11-8-17(21)20-13-16-6-9-18-10-7-16/h2-7,9-10,19H,8,11-13H2,1H3,(H,20,21). The highest BCUT2D eigenvalue weighted by molar-refractivity contribution is 5.76. The molecule has 0 fully saturated rings. The Balaban J connectivity index is 1.60. The molecule has 4 heteroatoms. The number of carbonyl (C=O) groups is 1. The van der Waals surface area contributed by atoms with Crippen molar-refractivity contribution in [2.45, 2.75) is 26.4 Å². The molecule has 1 aromatic heterocycles. The highest BCUT2D eigenvalue weighted by atomic mass is 16.1. The summed E-state index contributed by atoms with van der Waals surface area (Å²) in [4.78, 5) is 15.7. The summed E-state index contributed by atoms with van der Waals surface area (Å²) in [6.45, 7) is 4.09. The summed E-state index contributed by atoms with van der Waals surface area (Å²) in [7, 11) is 0. The minimum Gasteiger partial charge on any atom is -0.352 e. The van der Waals surface area contributed by atoms with E-state index in [2.05, 4.69) is 46.8 Å². The van der Waals surface area contributed by atoms with Gasteiger partial charge in [0.25, 0.3) is 0 Å². The first kappa shape index (κ1) is 15.2. The maximum atomic E-state index is 11.7. The third-order valence-electron chi connectivity index (χ3n) is 3.22. The highest BCUT2D eigenvalue weighted by Gasteiger charge is 2.01. The van der Waals surface area contributed by atoms with Crippen LogP contribution in [-0.4, -0.2) is 17.4 Å². The van der Waals surface area contributed by atoms with Gasteiger partial charge in [0.15, 0.2) is 0 Å². The molecule has 0 bridgehead atoms. The van der Waals surface area contributed by atoms with Crippen molar-refractivity contribution in [2.24, 2.45) is 0 Å². The average molecular weight is 283 g/mol. The Morgan fingerprint density at radius 1 is 1.00 bits per heavy atom. The maximum absolute atomic E-state index is 11.7. The van der Waals surface area contributed by atoms with Crippen molar-refractivity contribution >= 4 is 5.91 Å². The van der Waals surface area contributed by atoms with Crippen LogP contribution < -0.4 is 10.6 Å². The van der Waals surface area contributed by atoms with Crippen molar-refractivity contribution in [3.05, 3.63) is 65.5 Å². The number of aromatic nitrogens is 1. The molecule has 2 aromatic rings. The Hall–Kier alpha value is -2.20. The number of nitrogens with one attached hydrogen (secondary N) is 2. The molecule has 0 aliphatic heterocycles. The summed E-state index contributed by atoms with van der Waals surface area (Å²) in [5.41, 5.74) is 3.55. The second kappa shape index (κ2) is 8.17. The van der Waals surface area contributed by atoms with Crippen LogP contribution >= 0.6 is 0 Å².